The molecule has 0 aliphatic heterocycles. The monoisotopic (exact) mass is 474 g/mol. The van der Waals surface area contributed by atoms with E-state index in [0.717, 1.165) is 22.4 Å². The van der Waals surface area contributed by atoms with E-state index in [1.54, 1.807) is 16.7 Å². The Morgan fingerprint density at radius 3 is 2.24 bits per heavy atom. The molecule has 2 amide bonds. The van der Waals surface area contributed by atoms with Gasteiger partial charge in [0.25, 0.3) is 0 Å². The third-order valence-electron chi connectivity index (χ3n) is 5.84. The Morgan fingerprint density at radius 2 is 1.56 bits per heavy atom. The van der Waals surface area contributed by atoms with Crippen LogP contribution in [0.3, 0.4) is 0 Å². The number of carbonyl (C=O) groups excluding carboxylic acids is 2. The second-order valence-corrected chi connectivity index (χ2v) is 9.51. The van der Waals surface area contributed by atoms with Crippen molar-refractivity contribution >= 4 is 23.6 Å². The van der Waals surface area contributed by atoms with Gasteiger partial charge in [0.1, 0.15) is 6.04 Å². The van der Waals surface area contributed by atoms with Crippen molar-refractivity contribution in [2.45, 2.75) is 45.5 Å². The number of likely N-dealkylation sites (N-methyl/N-ethyl adjacent to an activating group) is 1. The molecular weight excluding hydrogens is 440 g/mol. The zero-order chi connectivity index (χ0) is 24.3. The van der Waals surface area contributed by atoms with Gasteiger partial charge in [-0.2, -0.15) is 0 Å². The lowest BCUT2D eigenvalue weighted by Gasteiger charge is -2.32. The minimum Gasteiger partial charge on any atom is -0.355 e. The van der Waals surface area contributed by atoms with Crippen LogP contribution in [0, 0.1) is 13.8 Å². The molecule has 5 heteroatoms. The van der Waals surface area contributed by atoms with Crippen LogP contribution in [0.15, 0.2) is 78.9 Å². The molecule has 3 aromatic carbocycles. The van der Waals surface area contributed by atoms with Crippen molar-refractivity contribution < 1.29 is 9.59 Å². The number of aryl methyl sites for hydroxylation is 2. The van der Waals surface area contributed by atoms with E-state index < -0.39 is 6.04 Å². The predicted octanol–water partition coefficient (Wildman–Crippen LogP) is 5.31. The molecule has 0 bridgehead atoms. The molecule has 0 saturated heterocycles. The van der Waals surface area contributed by atoms with Crippen LogP contribution in [0.2, 0.25) is 0 Å². The van der Waals surface area contributed by atoms with E-state index in [9.17, 15) is 9.59 Å². The summed E-state index contributed by atoms with van der Waals surface area (Å²) in [5.41, 5.74) is 5.62. The third kappa shape index (κ3) is 7.49. The van der Waals surface area contributed by atoms with E-state index in [4.69, 9.17) is 0 Å². The first kappa shape index (κ1) is 25.6. The predicted molar refractivity (Wildman–Crippen MR) is 142 cm³/mol. The largest absolute Gasteiger partial charge is 0.355 e. The highest BCUT2D eigenvalue weighted by molar-refractivity contribution is 7.99. The van der Waals surface area contributed by atoms with Crippen molar-refractivity contribution in [1.29, 1.82) is 0 Å². The molecule has 3 rings (SSSR count). The Bertz CT molecular complexity index is 1070. The lowest BCUT2D eigenvalue weighted by atomic mass is 10.0. The highest BCUT2D eigenvalue weighted by atomic mass is 32.2. The lowest BCUT2D eigenvalue weighted by Crippen LogP contribution is -2.51. The van der Waals surface area contributed by atoms with Crippen LogP contribution in [-0.2, 0) is 28.3 Å². The molecule has 1 unspecified atom stereocenters. The molecular formula is C29H34N2O2S. The van der Waals surface area contributed by atoms with Gasteiger partial charge in [0.2, 0.25) is 11.8 Å². The van der Waals surface area contributed by atoms with E-state index in [-0.39, 0.29) is 11.8 Å². The lowest BCUT2D eigenvalue weighted by molar-refractivity contribution is -0.139. The zero-order valence-corrected chi connectivity index (χ0v) is 21.1. The molecule has 1 N–H and O–H groups in total. The van der Waals surface area contributed by atoms with E-state index in [1.807, 2.05) is 68.4 Å². The molecule has 4 nitrogen and oxygen atoms in total. The van der Waals surface area contributed by atoms with Crippen molar-refractivity contribution in [3.05, 3.63) is 107 Å². The first-order chi connectivity index (χ1) is 16.5. The minimum atomic E-state index is -0.575. The molecule has 34 heavy (non-hydrogen) atoms. The number of hydrogen-bond donors (Lipinski definition) is 1. The fraction of sp³-hybridized carbons (Fsp3) is 0.310. The average Bonchev–Trinajstić information content (AvgIpc) is 2.84. The maximum atomic E-state index is 13.6. The van der Waals surface area contributed by atoms with Crippen molar-refractivity contribution in [3.63, 3.8) is 0 Å². The molecule has 0 spiro atoms. The normalized spacial score (nSPS) is 11.6. The SMILES string of the molecule is CCNC(=O)C(Cc1ccccc1)N(Cc1ccccc1C)C(=O)CSCc1ccc(C)cc1. The maximum Gasteiger partial charge on any atom is 0.243 e. The summed E-state index contributed by atoms with van der Waals surface area (Å²) in [7, 11) is 0. The summed E-state index contributed by atoms with van der Waals surface area (Å²) in [5, 5.41) is 2.95. The highest BCUT2D eigenvalue weighted by Crippen LogP contribution is 2.20. The Labute approximate surface area is 207 Å². The second-order valence-electron chi connectivity index (χ2n) is 8.53. The van der Waals surface area contributed by atoms with E-state index >= 15 is 0 Å². The van der Waals surface area contributed by atoms with Gasteiger partial charge in [-0.15, -0.1) is 11.8 Å². The fourth-order valence-corrected chi connectivity index (χ4v) is 4.71. The van der Waals surface area contributed by atoms with Gasteiger partial charge in [0.15, 0.2) is 0 Å². The van der Waals surface area contributed by atoms with E-state index in [2.05, 4.69) is 36.5 Å². The summed E-state index contributed by atoms with van der Waals surface area (Å²) in [5.74, 6) is 0.948. The van der Waals surface area contributed by atoms with Crippen molar-refractivity contribution in [1.82, 2.24) is 10.2 Å². The Balaban J connectivity index is 1.82. The number of benzene rings is 3. The molecule has 0 aliphatic rings. The van der Waals surface area contributed by atoms with Gasteiger partial charge in [-0.05, 0) is 43.0 Å². The van der Waals surface area contributed by atoms with E-state index in [1.165, 1.54) is 11.1 Å². The number of rotatable bonds is 11. The quantitative estimate of drug-likeness (QED) is 0.410. The van der Waals surface area contributed by atoms with Gasteiger partial charge in [-0.25, -0.2) is 0 Å². The first-order valence-electron chi connectivity index (χ1n) is 11.8. The van der Waals surface area contributed by atoms with Crippen LogP contribution >= 0.6 is 11.8 Å². The molecule has 0 saturated carbocycles. The summed E-state index contributed by atoms with van der Waals surface area (Å²) >= 11 is 1.59. The van der Waals surface area contributed by atoms with Gasteiger partial charge in [-0.3, -0.25) is 9.59 Å². The van der Waals surface area contributed by atoms with Crippen LogP contribution < -0.4 is 5.32 Å². The summed E-state index contributed by atoms with van der Waals surface area (Å²) < 4.78 is 0. The molecule has 0 radical (unpaired) electrons. The molecule has 178 valence electrons. The number of thioether (sulfide) groups is 1. The van der Waals surface area contributed by atoms with Crippen LogP contribution in [-0.4, -0.2) is 35.1 Å². The minimum absolute atomic E-state index is 0.0208. The van der Waals surface area contributed by atoms with Crippen molar-refractivity contribution in [2.75, 3.05) is 12.3 Å². The van der Waals surface area contributed by atoms with Gasteiger partial charge >= 0.3 is 0 Å². The van der Waals surface area contributed by atoms with Gasteiger partial charge in [0, 0.05) is 25.3 Å². The number of carbonyl (C=O) groups is 2. The van der Waals surface area contributed by atoms with Crippen LogP contribution in [0.25, 0.3) is 0 Å². The van der Waals surface area contributed by atoms with Crippen LogP contribution in [0.4, 0.5) is 0 Å². The number of nitrogens with one attached hydrogen (secondary N) is 1. The molecule has 0 aliphatic carbocycles. The number of amides is 2. The first-order valence-corrected chi connectivity index (χ1v) is 12.9. The highest BCUT2D eigenvalue weighted by Gasteiger charge is 2.30. The third-order valence-corrected chi connectivity index (χ3v) is 6.83. The van der Waals surface area contributed by atoms with Crippen LogP contribution in [0.1, 0.15) is 34.7 Å². The fourth-order valence-electron chi connectivity index (χ4n) is 3.84. The summed E-state index contributed by atoms with van der Waals surface area (Å²) in [6.07, 6.45) is 0.479. The Morgan fingerprint density at radius 1 is 0.882 bits per heavy atom. The van der Waals surface area contributed by atoms with Crippen LogP contribution in [0.5, 0.6) is 0 Å². The van der Waals surface area contributed by atoms with Gasteiger partial charge < -0.3 is 10.2 Å². The van der Waals surface area contributed by atoms with Gasteiger partial charge in [-0.1, -0.05) is 84.4 Å². The smallest absolute Gasteiger partial charge is 0.243 e. The molecule has 0 aromatic heterocycles. The molecule has 1 atom stereocenters. The number of nitrogens with zero attached hydrogens (tertiary/aromatic N) is 1. The standard InChI is InChI=1S/C29H34N2O2S/c1-4-30-29(33)27(18-24-11-6-5-7-12-24)31(19-26-13-9-8-10-23(26)3)28(32)21-34-20-25-16-14-22(2)15-17-25/h5-17,27H,4,18-21H2,1-3H3,(H,30,33). The van der Waals surface area contributed by atoms with Crippen molar-refractivity contribution in [2.24, 2.45) is 0 Å². The summed E-state index contributed by atoms with van der Waals surface area (Å²) in [4.78, 5) is 28.5. The van der Waals surface area contributed by atoms with E-state index in [0.29, 0.717) is 25.3 Å². The summed E-state index contributed by atoms with van der Waals surface area (Å²) in [6.45, 7) is 6.95. The molecule has 3 aromatic rings. The van der Waals surface area contributed by atoms with Gasteiger partial charge in [0.05, 0.1) is 5.75 Å². The van der Waals surface area contributed by atoms with Crippen molar-refractivity contribution in [3.8, 4) is 0 Å². The molecule has 0 fully saturated rings. The number of hydrogen-bond acceptors (Lipinski definition) is 3. The average molecular weight is 475 g/mol. The molecule has 0 heterocycles. The zero-order valence-electron chi connectivity index (χ0n) is 20.3. The Kier molecular flexibility index (Phi) is 9.77. The topological polar surface area (TPSA) is 49.4 Å². The second kappa shape index (κ2) is 13.0. The Hall–Kier alpha value is -3.05. The summed E-state index contributed by atoms with van der Waals surface area (Å²) in [6, 6.07) is 25.8. The maximum absolute atomic E-state index is 13.6.